The maximum absolute atomic E-state index is 11.8. The summed E-state index contributed by atoms with van der Waals surface area (Å²) < 4.78 is 3.80. The molecule has 0 saturated heterocycles. The number of nitrogens with one attached hydrogen (secondary N) is 1. The van der Waals surface area contributed by atoms with Crippen molar-refractivity contribution in [2.45, 2.75) is 55.3 Å². The van der Waals surface area contributed by atoms with Crippen LogP contribution in [0.25, 0.3) is 21.4 Å². The third-order valence-electron chi connectivity index (χ3n) is 5.91. The molecule has 188 valence electrons. The third-order valence-corrected chi connectivity index (χ3v) is 8.52. The predicted octanol–water partition coefficient (Wildman–Crippen LogP) is 3.73. The Labute approximate surface area is 219 Å². The van der Waals surface area contributed by atoms with E-state index < -0.39 is 18.2 Å². The van der Waals surface area contributed by atoms with Gasteiger partial charge in [0, 0.05) is 24.6 Å². The zero-order valence-corrected chi connectivity index (χ0v) is 21.9. The van der Waals surface area contributed by atoms with Gasteiger partial charge in [-0.2, -0.15) is 9.97 Å². The predicted molar refractivity (Wildman–Crippen MR) is 142 cm³/mol. The summed E-state index contributed by atoms with van der Waals surface area (Å²) in [6.45, 7) is 3.72. The Morgan fingerprint density at radius 1 is 1.33 bits per heavy atom. The summed E-state index contributed by atoms with van der Waals surface area (Å²) in [7, 11) is 0. The molecule has 0 radical (unpaired) electrons. The number of aliphatic imine (C=N–C) groups is 1. The third kappa shape index (κ3) is 4.96. The van der Waals surface area contributed by atoms with Gasteiger partial charge < -0.3 is 20.1 Å². The van der Waals surface area contributed by atoms with Gasteiger partial charge in [-0.3, -0.25) is 4.79 Å². The Bertz CT molecular complexity index is 1420. The highest BCUT2D eigenvalue weighted by Crippen LogP contribution is 2.34. The number of imidazole rings is 1. The summed E-state index contributed by atoms with van der Waals surface area (Å²) >= 11 is 9.56. The summed E-state index contributed by atoms with van der Waals surface area (Å²) in [5, 5.41) is 24.5. The number of benzene rings is 1. The van der Waals surface area contributed by atoms with Crippen LogP contribution in [-0.2, 0) is 4.79 Å². The number of aliphatic hydroxyl groups excluding tert-OH is 2. The molecule has 4 aromatic rings. The molecule has 0 unspecified atom stereocenters. The number of fused-ring (bicyclic) bond motifs is 2. The molecule has 36 heavy (non-hydrogen) atoms. The van der Waals surface area contributed by atoms with E-state index in [4.69, 9.17) is 11.6 Å². The fourth-order valence-corrected chi connectivity index (χ4v) is 6.30. The van der Waals surface area contributed by atoms with E-state index in [2.05, 4.69) is 36.3 Å². The Hall–Kier alpha value is -2.64. The Balaban J connectivity index is 1.34. The van der Waals surface area contributed by atoms with Crippen LogP contribution in [0.2, 0.25) is 5.28 Å². The number of carbonyl (C=O) groups is 1. The van der Waals surface area contributed by atoms with E-state index in [1.165, 1.54) is 6.33 Å². The number of hydrogen-bond donors (Lipinski definition) is 3. The van der Waals surface area contributed by atoms with E-state index in [1.807, 2.05) is 25.1 Å². The van der Waals surface area contributed by atoms with Gasteiger partial charge in [0.25, 0.3) is 0 Å². The van der Waals surface area contributed by atoms with Gasteiger partial charge in [0.15, 0.2) is 21.3 Å². The smallest absolute Gasteiger partial charge is 0.245 e. The van der Waals surface area contributed by atoms with Crippen molar-refractivity contribution in [1.29, 1.82) is 0 Å². The molecule has 4 atom stereocenters. The number of thioether (sulfide) groups is 1. The minimum absolute atomic E-state index is 0.0130. The average molecular weight is 546 g/mol. The lowest BCUT2D eigenvalue weighted by Crippen LogP contribution is -2.29. The highest BCUT2D eigenvalue weighted by molar-refractivity contribution is 8.01. The molecule has 3 heterocycles. The van der Waals surface area contributed by atoms with Crippen molar-refractivity contribution in [3.63, 3.8) is 0 Å². The topological polar surface area (TPSA) is 138 Å². The average Bonchev–Trinajstić information content (AvgIpc) is 3.54. The van der Waals surface area contributed by atoms with Crippen LogP contribution in [-0.4, -0.2) is 70.3 Å². The minimum Gasteiger partial charge on any atom is -0.388 e. The SMILES string of the molecule is CCC(=O)N=C1C[C@@H](n2cnc3c(N[C@@H](C)CSc4nc5ccccc5s4)nc(Cl)nc32)[C@H](O)[C@@H]1O. The minimum atomic E-state index is -1.24. The molecule has 1 amide bonds. The normalized spacial score (nSPS) is 22.0. The number of anilines is 1. The van der Waals surface area contributed by atoms with E-state index in [1.54, 1.807) is 34.6 Å². The van der Waals surface area contributed by atoms with Crippen molar-refractivity contribution in [3.05, 3.63) is 35.9 Å². The van der Waals surface area contributed by atoms with Crippen LogP contribution < -0.4 is 5.32 Å². The van der Waals surface area contributed by atoms with Gasteiger partial charge in [-0.15, -0.1) is 11.3 Å². The van der Waals surface area contributed by atoms with E-state index in [0.717, 1.165) is 20.3 Å². The summed E-state index contributed by atoms with van der Waals surface area (Å²) in [4.78, 5) is 33.5. The zero-order chi connectivity index (χ0) is 25.4. The highest BCUT2D eigenvalue weighted by atomic mass is 35.5. The fourth-order valence-electron chi connectivity index (χ4n) is 4.09. The number of aliphatic hydroxyl groups is 2. The van der Waals surface area contributed by atoms with Crippen LogP contribution in [0.4, 0.5) is 5.82 Å². The second kappa shape index (κ2) is 10.4. The number of para-hydroxylation sites is 1. The van der Waals surface area contributed by atoms with Gasteiger partial charge in [-0.25, -0.2) is 15.0 Å². The number of hydrogen-bond acceptors (Lipinski definition) is 10. The monoisotopic (exact) mass is 545 g/mol. The molecular weight excluding hydrogens is 522 g/mol. The maximum atomic E-state index is 11.8. The largest absolute Gasteiger partial charge is 0.388 e. The molecule has 1 aliphatic rings. The van der Waals surface area contributed by atoms with E-state index >= 15 is 0 Å². The maximum Gasteiger partial charge on any atom is 0.245 e. The van der Waals surface area contributed by atoms with Gasteiger partial charge in [0.1, 0.15) is 12.2 Å². The molecular formula is C23H24ClN7O3S2. The van der Waals surface area contributed by atoms with Crippen LogP contribution in [0, 0.1) is 0 Å². The lowest BCUT2D eigenvalue weighted by Gasteiger charge is -2.18. The van der Waals surface area contributed by atoms with Gasteiger partial charge in [-0.05, 0) is 30.7 Å². The lowest BCUT2D eigenvalue weighted by molar-refractivity contribution is -0.117. The molecule has 3 N–H and O–H groups in total. The van der Waals surface area contributed by atoms with Gasteiger partial charge in [-0.1, -0.05) is 30.8 Å². The number of nitrogens with zero attached hydrogens (tertiary/aromatic N) is 6. The Morgan fingerprint density at radius 2 is 2.14 bits per heavy atom. The van der Waals surface area contributed by atoms with Crippen LogP contribution in [0.5, 0.6) is 0 Å². The lowest BCUT2D eigenvalue weighted by atomic mass is 10.2. The zero-order valence-electron chi connectivity index (χ0n) is 19.5. The quantitative estimate of drug-likeness (QED) is 0.234. The Morgan fingerprint density at radius 3 is 2.92 bits per heavy atom. The molecule has 1 aromatic carbocycles. The second-order valence-corrected chi connectivity index (χ2v) is 11.2. The van der Waals surface area contributed by atoms with Gasteiger partial charge in [0.2, 0.25) is 11.2 Å². The van der Waals surface area contributed by atoms with Crippen molar-refractivity contribution < 1.29 is 15.0 Å². The fraction of sp³-hybridized carbons (Fsp3) is 0.391. The molecule has 13 heteroatoms. The van der Waals surface area contributed by atoms with E-state index in [0.29, 0.717) is 17.0 Å². The van der Waals surface area contributed by atoms with Crippen LogP contribution in [0.15, 0.2) is 39.9 Å². The molecule has 1 fully saturated rings. The molecule has 0 aliphatic heterocycles. The van der Waals surface area contributed by atoms with Crippen molar-refractivity contribution >= 4 is 73.5 Å². The van der Waals surface area contributed by atoms with E-state index in [-0.39, 0.29) is 35.8 Å². The first kappa shape index (κ1) is 25.0. The van der Waals surface area contributed by atoms with Crippen molar-refractivity contribution in [1.82, 2.24) is 24.5 Å². The number of amides is 1. The number of rotatable bonds is 7. The van der Waals surface area contributed by atoms with Gasteiger partial charge >= 0.3 is 0 Å². The second-order valence-electron chi connectivity index (χ2n) is 8.53. The summed E-state index contributed by atoms with van der Waals surface area (Å²) in [5.74, 6) is 0.869. The van der Waals surface area contributed by atoms with Crippen molar-refractivity contribution in [2.75, 3.05) is 11.1 Å². The van der Waals surface area contributed by atoms with Crippen molar-refractivity contribution in [2.24, 2.45) is 4.99 Å². The number of thiazole rings is 1. The number of halogens is 1. The molecule has 0 spiro atoms. The van der Waals surface area contributed by atoms with Crippen LogP contribution in [0.1, 0.15) is 32.7 Å². The molecule has 0 bridgehead atoms. The number of carbonyl (C=O) groups excluding carboxylic acids is 1. The van der Waals surface area contributed by atoms with E-state index in [9.17, 15) is 15.0 Å². The summed E-state index contributed by atoms with van der Waals surface area (Å²) in [5.41, 5.74) is 2.16. The van der Waals surface area contributed by atoms with Gasteiger partial charge in [0.05, 0.1) is 28.3 Å². The standard InChI is InChI=1S/C23H24ClN7O3S2/c1-3-16(32)27-13-8-14(19(34)18(13)33)31-10-25-17-20(29-22(24)30-21(17)31)26-11(2)9-35-23-28-12-6-4-5-7-15(12)36-23/h4-7,10-11,14,18-19,33-34H,3,8-9H2,1-2H3,(H,26,29,30)/t11-,14+,18+,19-/m0/s1. The first-order chi connectivity index (χ1) is 17.3. The van der Waals surface area contributed by atoms with Crippen molar-refractivity contribution in [3.8, 4) is 0 Å². The molecule has 5 rings (SSSR count). The molecule has 3 aromatic heterocycles. The first-order valence-electron chi connectivity index (χ1n) is 11.5. The number of aromatic nitrogens is 5. The molecule has 1 saturated carbocycles. The molecule has 10 nitrogen and oxygen atoms in total. The van der Waals surface area contributed by atoms with Crippen LogP contribution >= 0.6 is 34.7 Å². The van der Waals surface area contributed by atoms with Crippen LogP contribution in [0.3, 0.4) is 0 Å². The summed E-state index contributed by atoms with van der Waals surface area (Å²) in [6, 6.07) is 7.47. The Kier molecular flexibility index (Phi) is 7.22. The first-order valence-corrected chi connectivity index (χ1v) is 13.6. The summed E-state index contributed by atoms with van der Waals surface area (Å²) in [6.07, 6.45) is -0.457. The highest BCUT2D eigenvalue weighted by Gasteiger charge is 2.41. The molecule has 1 aliphatic carbocycles.